The van der Waals surface area contributed by atoms with Gasteiger partial charge in [-0.1, -0.05) is 36.4 Å². The van der Waals surface area contributed by atoms with Crippen molar-refractivity contribution < 1.29 is 9.47 Å². The highest BCUT2D eigenvalue weighted by Crippen LogP contribution is 2.42. The monoisotopic (exact) mass is 332 g/mol. The lowest BCUT2D eigenvalue weighted by molar-refractivity contribution is 0.142. The van der Waals surface area contributed by atoms with Crippen LogP contribution in [0.2, 0.25) is 0 Å². The first-order chi connectivity index (χ1) is 12.3. The predicted molar refractivity (Wildman–Crippen MR) is 100 cm³/mol. The van der Waals surface area contributed by atoms with E-state index in [0.717, 1.165) is 34.0 Å². The third kappa shape index (κ3) is 2.45. The molecule has 4 rings (SSSR count). The van der Waals surface area contributed by atoms with Gasteiger partial charge in [-0.3, -0.25) is 9.98 Å². The Kier molecular flexibility index (Phi) is 3.88. The summed E-state index contributed by atoms with van der Waals surface area (Å²) >= 11 is 0. The van der Waals surface area contributed by atoms with E-state index in [4.69, 9.17) is 19.5 Å². The van der Waals surface area contributed by atoms with Gasteiger partial charge in [0.2, 0.25) is 0 Å². The number of rotatable bonds is 4. The fraction of sp³-hybridized carbons (Fsp3) is 0.238. The Hall–Kier alpha value is -2.88. The van der Waals surface area contributed by atoms with Crippen LogP contribution < -0.4 is 9.47 Å². The van der Waals surface area contributed by atoms with Gasteiger partial charge in [0.15, 0.2) is 5.60 Å². The van der Waals surface area contributed by atoms with Crippen molar-refractivity contribution in [1.82, 2.24) is 0 Å². The third-order valence-electron chi connectivity index (χ3n) is 4.65. The van der Waals surface area contributed by atoms with Gasteiger partial charge in [0.1, 0.15) is 17.2 Å². The molecule has 0 spiro atoms. The maximum absolute atomic E-state index is 6.60. The quantitative estimate of drug-likeness (QED) is 0.799. The average molecular weight is 332 g/mol. The third-order valence-corrected chi connectivity index (χ3v) is 4.65. The molecule has 2 aromatic rings. The molecule has 0 bridgehead atoms. The zero-order chi connectivity index (χ0) is 17.3. The number of ether oxygens (including phenoxy) is 2. The van der Waals surface area contributed by atoms with E-state index in [-0.39, 0.29) is 0 Å². The van der Waals surface area contributed by atoms with Crippen molar-refractivity contribution in [1.29, 1.82) is 0 Å². The molecule has 0 unspecified atom stereocenters. The van der Waals surface area contributed by atoms with Crippen molar-refractivity contribution in [3.8, 4) is 11.5 Å². The van der Waals surface area contributed by atoms with Gasteiger partial charge in [0.05, 0.1) is 25.9 Å². The van der Waals surface area contributed by atoms with Crippen molar-refractivity contribution in [2.75, 3.05) is 20.2 Å². The van der Waals surface area contributed by atoms with Crippen LogP contribution in [0.15, 0.2) is 71.2 Å². The second-order valence-electron chi connectivity index (χ2n) is 6.11. The summed E-state index contributed by atoms with van der Waals surface area (Å²) in [6.45, 7) is 5.33. The van der Waals surface area contributed by atoms with Crippen molar-refractivity contribution >= 4 is 11.4 Å². The Morgan fingerprint density at radius 3 is 2.72 bits per heavy atom. The van der Waals surface area contributed by atoms with E-state index in [1.54, 1.807) is 7.11 Å². The molecule has 0 saturated heterocycles. The van der Waals surface area contributed by atoms with Crippen LogP contribution in [0.1, 0.15) is 17.5 Å². The number of nitrogens with zero attached hydrogens (tertiary/aromatic N) is 2. The molecule has 0 radical (unpaired) electrons. The largest absolute Gasteiger partial charge is 0.497 e. The molecule has 0 saturated carbocycles. The predicted octanol–water partition coefficient (Wildman–Crippen LogP) is 3.80. The summed E-state index contributed by atoms with van der Waals surface area (Å²) in [5, 5.41) is 0. The molecule has 2 aliphatic heterocycles. The van der Waals surface area contributed by atoms with E-state index < -0.39 is 5.60 Å². The highest BCUT2D eigenvalue weighted by atomic mass is 16.5. The molecule has 0 fully saturated rings. The van der Waals surface area contributed by atoms with Crippen LogP contribution in [0.25, 0.3) is 0 Å². The standard InChI is InChI=1S/C21H20N2O2/c1-3-11-21(15-7-5-4-6-8-15)20-19(22-12-13-23-20)17-10-9-16(24-2)14-18(17)25-21/h3-10,14H,1,11-13H2,2H3/t21-/m0/s1. The summed E-state index contributed by atoms with van der Waals surface area (Å²) < 4.78 is 12.0. The molecule has 4 heteroatoms. The number of hydrogen-bond donors (Lipinski definition) is 0. The first-order valence-corrected chi connectivity index (χ1v) is 8.42. The Balaban J connectivity index is 1.97. The number of fused-ring (bicyclic) bond motifs is 3. The van der Waals surface area contributed by atoms with E-state index in [1.807, 2.05) is 42.5 Å². The highest BCUT2D eigenvalue weighted by molar-refractivity contribution is 6.52. The molecule has 2 heterocycles. The molecule has 2 aliphatic rings. The first kappa shape index (κ1) is 15.6. The maximum atomic E-state index is 6.60. The fourth-order valence-corrected chi connectivity index (χ4v) is 3.51. The maximum Gasteiger partial charge on any atom is 0.181 e. The summed E-state index contributed by atoms with van der Waals surface area (Å²) in [5.74, 6) is 1.53. The van der Waals surface area contributed by atoms with Crippen LogP contribution in [0.5, 0.6) is 11.5 Å². The van der Waals surface area contributed by atoms with Gasteiger partial charge in [0.25, 0.3) is 0 Å². The number of methoxy groups -OCH3 is 1. The van der Waals surface area contributed by atoms with E-state index in [9.17, 15) is 0 Å². The van der Waals surface area contributed by atoms with Gasteiger partial charge in [-0.25, -0.2) is 0 Å². The molecule has 0 N–H and O–H groups in total. The molecule has 0 aliphatic carbocycles. The van der Waals surface area contributed by atoms with Gasteiger partial charge in [-0.2, -0.15) is 0 Å². The minimum absolute atomic E-state index is 0.617. The molecule has 25 heavy (non-hydrogen) atoms. The van der Waals surface area contributed by atoms with Crippen LogP contribution in [0.3, 0.4) is 0 Å². The SMILES string of the molecule is C=CC[C@@]1(c2ccccc2)Oc2cc(OC)ccc2C2=NCCN=C21. The van der Waals surface area contributed by atoms with Crippen LogP contribution in [-0.2, 0) is 5.60 Å². The van der Waals surface area contributed by atoms with E-state index in [1.165, 1.54) is 0 Å². The van der Waals surface area contributed by atoms with Crippen LogP contribution >= 0.6 is 0 Å². The summed E-state index contributed by atoms with van der Waals surface area (Å²) in [4.78, 5) is 9.61. The van der Waals surface area contributed by atoms with Crippen LogP contribution in [-0.4, -0.2) is 31.6 Å². The van der Waals surface area contributed by atoms with Crippen molar-refractivity contribution in [2.45, 2.75) is 12.0 Å². The Morgan fingerprint density at radius 1 is 1.16 bits per heavy atom. The molecule has 2 aromatic carbocycles. The Labute approximate surface area is 147 Å². The van der Waals surface area contributed by atoms with Crippen LogP contribution in [0.4, 0.5) is 0 Å². The first-order valence-electron chi connectivity index (χ1n) is 8.42. The van der Waals surface area contributed by atoms with Crippen molar-refractivity contribution in [3.05, 3.63) is 72.3 Å². The Morgan fingerprint density at radius 2 is 1.96 bits per heavy atom. The van der Waals surface area contributed by atoms with Gasteiger partial charge in [0, 0.05) is 23.6 Å². The molecule has 4 nitrogen and oxygen atoms in total. The summed E-state index contributed by atoms with van der Waals surface area (Å²) in [6, 6.07) is 16.0. The second-order valence-corrected chi connectivity index (χ2v) is 6.11. The van der Waals surface area contributed by atoms with Gasteiger partial charge >= 0.3 is 0 Å². The van der Waals surface area contributed by atoms with Crippen molar-refractivity contribution in [2.24, 2.45) is 9.98 Å². The zero-order valence-corrected chi connectivity index (χ0v) is 14.2. The average Bonchev–Trinajstić information content (AvgIpc) is 2.68. The van der Waals surface area contributed by atoms with E-state index >= 15 is 0 Å². The van der Waals surface area contributed by atoms with Gasteiger partial charge < -0.3 is 9.47 Å². The van der Waals surface area contributed by atoms with E-state index in [0.29, 0.717) is 19.5 Å². The molecular formula is C21H20N2O2. The van der Waals surface area contributed by atoms with Gasteiger partial charge in [-0.15, -0.1) is 6.58 Å². The lowest BCUT2D eigenvalue weighted by Crippen LogP contribution is -2.50. The normalized spacial score (nSPS) is 21.2. The number of benzene rings is 2. The Bertz CT molecular complexity index is 871. The van der Waals surface area contributed by atoms with E-state index in [2.05, 4.69) is 18.7 Å². The minimum Gasteiger partial charge on any atom is -0.497 e. The second kappa shape index (κ2) is 6.20. The zero-order valence-electron chi connectivity index (χ0n) is 14.2. The van der Waals surface area contributed by atoms with Gasteiger partial charge in [-0.05, 0) is 12.1 Å². The summed E-state index contributed by atoms with van der Waals surface area (Å²) in [5.41, 5.74) is 3.12. The van der Waals surface area contributed by atoms with Crippen LogP contribution in [0, 0.1) is 0 Å². The molecule has 126 valence electrons. The minimum atomic E-state index is -0.707. The summed E-state index contributed by atoms with van der Waals surface area (Å²) in [7, 11) is 1.66. The fourth-order valence-electron chi connectivity index (χ4n) is 3.51. The molecule has 0 aromatic heterocycles. The lowest BCUT2D eigenvalue weighted by atomic mass is 9.79. The lowest BCUT2D eigenvalue weighted by Gasteiger charge is -2.41. The van der Waals surface area contributed by atoms with Crippen molar-refractivity contribution in [3.63, 3.8) is 0 Å². The number of hydrogen-bond acceptors (Lipinski definition) is 4. The molecule has 1 atom stereocenters. The molecular weight excluding hydrogens is 312 g/mol. The highest BCUT2D eigenvalue weighted by Gasteiger charge is 2.46. The topological polar surface area (TPSA) is 43.2 Å². The molecule has 0 amide bonds. The number of aliphatic imine (C=N–C) groups is 2. The summed E-state index contributed by atoms with van der Waals surface area (Å²) in [6.07, 6.45) is 2.50. The smallest absolute Gasteiger partial charge is 0.181 e.